The number of hydrogen-bond acceptors (Lipinski definition) is 3. The minimum absolute atomic E-state index is 0.0813. The third-order valence-corrected chi connectivity index (χ3v) is 4.13. The molecule has 1 fully saturated rings. The number of halogens is 1. The molecule has 0 bridgehead atoms. The highest BCUT2D eigenvalue weighted by Crippen LogP contribution is 2.34. The average molecular weight is 284 g/mol. The van der Waals surface area contributed by atoms with Crippen molar-refractivity contribution in [2.45, 2.75) is 31.6 Å². The second-order valence-electron chi connectivity index (χ2n) is 5.37. The molecule has 1 aliphatic rings. The molecule has 21 heavy (non-hydrogen) atoms. The van der Waals surface area contributed by atoms with E-state index in [0.29, 0.717) is 11.2 Å². The maximum atomic E-state index is 12.8. The van der Waals surface area contributed by atoms with E-state index < -0.39 is 11.5 Å². The second-order valence-corrected chi connectivity index (χ2v) is 5.37. The quantitative estimate of drug-likeness (QED) is 0.861. The molecule has 0 aliphatic heterocycles. The van der Waals surface area contributed by atoms with Crippen molar-refractivity contribution in [3.8, 4) is 6.07 Å². The van der Waals surface area contributed by atoms with Crippen molar-refractivity contribution in [3.63, 3.8) is 0 Å². The van der Waals surface area contributed by atoms with Gasteiger partial charge in [0.1, 0.15) is 11.6 Å². The van der Waals surface area contributed by atoms with Gasteiger partial charge in [0.2, 0.25) is 5.43 Å². The lowest BCUT2D eigenvalue weighted by molar-refractivity contribution is 0.0836. The van der Waals surface area contributed by atoms with Crippen LogP contribution in [0.25, 0.3) is 10.9 Å². The summed E-state index contributed by atoms with van der Waals surface area (Å²) in [5.41, 5.74) is 0.678. The molecule has 1 aliphatic carbocycles. The Morgan fingerprint density at radius 1 is 1.33 bits per heavy atom. The number of carbonyl (C=O) groups is 1. The van der Waals surface area contributed by atoms with Crippen LogP contribution in [0.5, 0.6) is 0 Å². The zero-order valence-electron chi connectivity index (χ0n) is 11.3. The normalized spacial score (nSPS) is 15.2. The Morgan fingerprint density at radius 2 is 2.05 bits per heavy atom. The van der Waals surface area contributed by atoms with E-state index in [0.717, 1.165) is 25.7 Å². The first kappa shape index (κ1) is 13.5. The molecule has 1 saturated carbocycles. The number of pyridine rings is 1. The van der Waals surface area contributed by atoms with Crippen molar-refractivity contribution in [1.82, 2.24) is 4.98 Å². The number of nitrogens with zero attached hydrogens (tertiary/aromatic N) is 1. The molecule has 2 aromatic rings. The predicted molar refractivity (Wildman–Crippen MR) is 75.9 cm³/mol. The highest BCUT2D eigenvalue weighted by molar-refractivity contribution is 5.94. The van der Waals surface area contributed by atoms with Crippen LogP contribution in [0.15, 0.2) is 23.0 Å². The van der Waals surface area contributed by atoms with E-state index in [9.17, 15) is 19.2 Å². The van der Waals surface area contributed by atoms with Crippen molar-refractivity contribution in [2.75, 3.05) is 0 Å². The van der Waals surface area contributed by atoms with Crippen LogP contribution in [-0.4, -0.2) is 11.0 Å². The van der Waals surface area contributed by atoms with Gasteiger partial charge < -0.3 is 4.98 Å². The smallest absolute Gasteiger partial charge is 0.332 e. The number of aromatic amines is 1. The lowest BCUT2D eigenvalue weighted by Crippen LogP contribution is -2.15. The number of H-pyrrole nitrogens is 1. The van der Waals surface area contributed by atoms with Gasteiger partial charge in [0.25, 0.3) is 0 Å². The highest BCUT2D eigenvalue weighted by Gasteiger charge is 2.23. The highest BCUT2D eigenvalue weighted by atomic mass is 19.1. The maximum absolute atomic E-state index is 12.8. The summed E-state index contributed by atoms with van der Waals surface area (Å²) in [7, 11) is 0. The van der Waals surface area contributed by atoms with Crippen LogP contribution in [0.4, 0.5) is 4.39 Å². The first-order chi connectivity index (χ1) is 10.1. The molecular weight excluding hydrogens is 271 g/mol. The third kappa shape index (κ3) is 2.23. The molecule has 0 atom stereocenters. The molecule has 0 saturated heterocycles. The number of nitriles is 1. The summed E-state index contributed by atoms with van der Waals surface area (Å²) < 4.78 is 12.8. The zero-order chi connectivity index (χ0) is 15.0. The molecule has 5 heteroatoms. The summed E-state index contributed by atoms with van der Waals surface area (Å²) in [5, 5.41) is 9.46. The van der Waals surface area contributed by atoms with Crippen LogP contribution in [0, 0.1) is 11.3 Å². The van der Waals surface area contributed by atoms with E-state index in [2.05, 4.69) is 4.98 Å². The lowest BCUT2D eigenvalue weighted by atomic mass is 9.97. The minimum Gasteiger partial charge on any atom is -0.357 e. The van der Waals surface area contributed by atoms with Gasteiger partial charge in [-0.25, -0.2) is 0 Å². The first-order valence-corrected chi connectivity index (χ1v) is 6.91. The minimum atomic E-state index is -1.59. The summed E-state index contributed by atoms with van der Waals surface area (Å²) in [5.74, 6) is 0.194. The van der Waals surface area contributed by atoms with Gasteiger partial charge in [-0.05, 0) is 31.0 Å². The van der Waals surface area contributed by atoms with E-state index >= 15 is 0 Å². The number of carbonyl (C=O) groups excluding carboxylic acids is 1. The van der Waals surface area contributed by atoms with Crippen molar-refractivity contribution < 1.29 is 9.18 Å². The lowest BCUT2D eigenvalue weighted by Gasteiger charge is -2.13. The Balaban J connectivity index is 2.28. The fourth-order valence-electron chi connectivity index (χ4n) is 3.06. The SMILES string of the molecule is N#Cc1c(C2CCCC2)[nH]c2ccc(C(=O)F)cc2c1=O. The third-order valence-electron chi connectivity index (χ3n) is 4.13. The Bertz CT molecular complexity index is 827. The number of nitrogens with one attached hydrogen (secondary N) is 1. The van der Waals surface area contributed by atoms with Gasteiger partial charge in [-0.3, -0.25) is 9.59 Å². The molecular formula is C16H13FN2O2. The van der Waals surface area contributed by atoms with Crippen molar-refractivity contribution in [2.24, 2.45) is 0 Å². The molecule has 1 N–H and O–H groups in total. The maximum Gasteiger partial charge on any atom is 0.332 e. The van der Waals surface area contributed by atoms with Crippen LogP contribution in [-0.2, 0) is 0 Å². The Kier molecular flexibility index (Phi) is 3.30. The molecule has 4 nitrogen and oxygen atoms in total. The van der Waals surface area contributed by atoms with Gasteiger partial charge in [-0.15, -0.1) is 0 Å². The van der Waals surface area contributed by atoms with E-state index in [1.54, 1.807) is 0 Å². The summed E-state index contributed by atoms with van der Waals surface area (Å²) in [6, 6.07) is 4.43. The topological polar surface area (TPSA) is 73.7 Å². The molecule has 0 radical (unpaired) electrons. The molecule has 1 aromatic carbocycles. The largest absolute Gasteiger partial charge is 0.357 e. The Labute approximate surface area is 120 Å². The summed E-state index contributed by atoms with van der Waals surface area (Å²) in [4.78, 5) is 26.4. The van der Waals surface area contributed by atoms with E-state index in [-0.39, 0.29) is 22.4 Å². The monoisotopic (exact) mass is 284 g/mol. The van der Waals surface area contributed by atoms with Gasteiger partial charge in [-0.1, -0.05) is 12.8 Å². The fraction of sp³-hybridized carbons (Fsp3) is 0.312. The van der Waals surface area contributed by atoms with Crippen LogP contribution in [0.3, 0.4) is 0 Å². The average Bonchev–Trinajstić information content (AvgIpc) is 3.00. The van der Waals surface area contributed by atoms with Crippen molar-refractivity contribution >= 4 is 16.9 Å². The standard InChI is InChI=1S/C16H13FN2O2/c17-16(21)10-5-6-13-11(7-10)15(20)12(8-18)14(19-13)9-3-1-2-4-9/h5-7,9H,1-4H2,(H,19,20). The predicted octanol–water partition coefficient (Wildman–Crippen LogP) is 3.17. The summed E-state index contributed by atoms with van der Waals surface area (Å²) in [6.45, 7) is 0. The molecule has 1 heterocycles. The number of aromatic nitrogens is 1. The Morgan fingerprint density at radius 3 is 2.67 bits per heavy atom. The molecule has 0 spiro atoms. The summed E-state index contributed by atoms with van der Waals surface area (Å²) in [6.07, 6.45) is 4.09. The molecule has 106 valence electrons. The Hall–Kier alpha value is -2.48. The van der Waals surface area contributed by atoms with Gasteiger partial charge in [0.15, 0.2) is 0 Å². The fourth-order valence-corrected chi connectivity index (χ4v) is 3.06. The number of rotatable bonds is 2. The van der Waals surface area contributed by atoms with Crippen molar-refractivity contribution in [3.05, 3.63) is 45.2 Å². The van der Waals surface area contributed by atoms with Gasteiger partial charge in [-0.2, -0.15) is 9.65 Å². The summed E-state index contributed by atoms with van der Waals surface area (Å²) >= 11 is 0. The number of fused-ring (bicyclic) bond motifs is 1. The number of benzene rings is 1. The van der Waals surface area contributed by atoms with Crippen LogP contribution < -0.4 is 5.43 Å². The van der Waals surface area contributed by atoms with Crippen LogP contribution in [0.2, 0.25) is 0 Å². The number of hydrogen-bond donors (Lipinski definition) is 1. The van der Waals surface area contributed by atoms with Gasteiger partial charge in [0.05, 0.1) is 5.56 Å². The molecule has 0 unspecified atom stereocenters. The van der Waals surface area contributed by atoms with Crippen LogP contribution >= 0.6 is 0 Å². The van der Waals surface area contributed by atoms with E-state index in [1.165, 1.54) is 18.2 Å². The second kappa shape index (κ2) is 5.13. The van der Waals surface area contributed by atoms with Gasteiger partial charge >= 0.3 is 6.04 Å². The van der Waals surface area contributed by atoms with E-state index in [4.69, 9.17) is 0 Å². The molecule has 3 rings (SSSR count). The zero-order valence-corrected chi connectivity index (χ0v) is 11.3. The van der Waals surface area contributed by atoms with Crippen LogP contribution in [0.1, 0.15) is 53.2 Å². The van der Waals surface area contributed by atoms with Gasteiger partial charge in [0, 0.05) is 22.5 Å². The molecule has 0 amide bonds. The van der Waals surface area contributed by atoms with E-state index in [1.807, 2.05) is 6.07 Å². The van der Waals surface area contributed by atoms with Crippen molar-refractivity contribution in [1.29, 1.82) is 5.26 Å². The molecule has 1 aromatic heterocycles. The first-order valence-electron chi connectivity index (χ1n) is 6.91.